The van der Waals surface area contributed by atoms with Crippen molar-refractivity contribution in [3.8, 4) is 0 Å². The first kappa shape index (κ1) is 18.6. The average Bonchev–Trinajstić information content (AvgIpc) is 3.00. The van der Waals surface area contributed by atoms with Gasteiger partial charge in [0.05, 0.1) is 12.1 Å². The fraction of sp³-hybridized carbons (Fsp3) is 0.250. The molecule has 0 spiro atoms. The van der Waals surface area contributed by atoms with Crippen LogP contribution in [0.5, 0.6) is 0 Å². The molecular weight excluding hydrogens is 347 g/mol. The number of nitrogens with two attached hydrogens (primary N) is 1. The normalized spacial score (nSPS) is 12.3. The van der Waals surface area contributed by atoms with Crippen LogP contribution in [0.3, 0.4) is 0 Å². The third-order valence-electron chi connectivity index (χ3n) is 4.38. The third kappa shape index (κ3) is 3.97. The van der Waals surface area contributed by atoms with Gasteiger partial charge in [-0.15, -0.1) is 0 Å². The van der Waals surface area contributed by atoms with Crippen molar-refractivity contribution in [1.29, 1.82) is 0 Å². The Labute approximate surface area is 156 Å². The average molecular weight is 368 g/mol. The van der Waals surface area contributed by atoms with Crippen LogP contribution < -0.4 is 11.1 Å². The van der Waals surface area contributed by atoms with Crippen molar-refractivity contribution in [3.05, 3.63) is 65.6 Å². The summed E-state index contributed by atoms with van der Waals surface area (Å²) in [5, 5.41) is 7.78. The lowest BCUT2D eigenvalue weighted by molar-refractivity contribution is -0.120. The van der Waals surface area contributed by atoms with Gasteiger partial charge in [0.25, 0.3) is 5.91 Å². The van der Waals surface area contributed by atoms with E-state index < -0.39 is 17.9 Å². The number of carbonyl (C=O) groups excluding carboxylic acids is 2. The molecule has 27 heavy (non-hydrogen) atoms. The number of hydrogen-bond donors (Lipinski definition) is 2. The molecule has 1 aromatic heterocycles. The Morgan fingerprint density at radius 2 is 1.81 bits per heavy atom. The first-order valence-electron chi connectivity index (χ1n) is 8.67. The molecule has 0 bridgehead atoms. The summed E-state index contributed by atoms with van der Waals surface area (Å²) in [5.74, 6) is -1.50. The molecule has 6 nitrogen and oxygen atoms in total. The van der Waals surface area contributed by atoms with Gasteiger partial charge in [-0.1, -0.05) is 44.2 Å². The van der Waals surface area contributed by atoms with E-state index >= 15 is 0 Å². The summed E-state index contributed by atoms with van der Waals surface area (Å²) in [6.07, 6.45) is 0. The summed E-state index contributed by atoms with van der Waals surface area (Å²) >= 11 is 0. The second-order valence-corrected chi connectivity index (χ2v) is 6.75. The van der Waals surface area contributed by atoms with E-state index in [0.717, 1.165) is 11.1 Å². The van der Waals surface area contributed by atoms with E-state index in [1.807, 2.05) is 18.2 Å². The van der Waals surface area contributed by atoms with Crippen molar-refractivity contribution in [2.45, 2.75) is 26.4 Å². The number of primary amides is 1. The fourth-order valence-electron chi connectivity index (χ4n) is 2.95. The molecule has 1 atom stereocenters. The van der Waals surface area contributed by atoms with Gasteiger partial charge < -0.3 is 11.1 Å². The molecule has 0 saturated carbocycles. The molecule has 0 aliphatic heterocycles. The highest BCUT2D eigenvalue weighted by atomic mass is 19.1. The van der Waals surface area contributed by atoms with Gasteiger partial charge in [-0.2, -0.15) is 5.10 Å². The Bertz CT molecular complexity index is 979. The number of aromatic nitrogens is 2. The monoisotopic (exact) mass is 368 g/mol. The number of rotatable bonds is 6. The highest BCUT2D eigenvalue weighted by Crippen LogP contribution is 2.20. The molecule has 3 N–H and O–H groups in total. The van der Waals surface area contributed by atoms with Crippen LogP contribution in [0.1, 0.15) is 29.9 Å². The lowest BCUT2D eigenvalue weighted by Crippen LogP contribution is -2.47. The SMILES string of the molecule is CC(C)[C@@H](NC(=O)c1nn(Cc2ccc(F)cc2)c2ccccc12)C(N)=O. The minimum Gasteiger partial charge on any atom is -0.368 e. The van der Waals surface area contributed by atoms with E-state index in [0.29, 0.717) is 11.9 Å². The molecular formula is C20H21FN4O2. The van der Waals surface area contributed by atoms with Crippen LogP contribution in [0.15, 0.2) is 48.5 Å². The fourth-order valence-corrected chi connectivity index (χ4v) is 2.95. The first-order chi connectivity index (χ1) is 12.9. The minimum atomic E-state index is -0.779. The predicted molar refractivity (Wildman–Crippen MR) is 101 cm³/mol. The number of carbonyl (C=O) groups is 2. The molecule has 3 aromatic rings. The Balaban J connectivity index is 1.95. The Morgan fingerprint density at radius 1 is 1.15 bits per heavy atom. The predicted octanol–water partition coefficient (Wildman–Crippen LogP) is 2.46. The van der Waals surface area contributed by atoms with Gasteiger partial charge in [0, 0.05) is 5.39 Å². The van der Waals surface area contributed by atoms with Gasteiger partial charge >= 0.3 is 0 Å². The number of hydrogen-bond acceptors (Lipinski definition) is 3. The van der Waals surface area contributed by atoms with Crippen LogP contribution in [0, 0.1) is 11.7 Å². The van der Waals surface area contributed by atoms with Gasteiger partial charge in [0.15, 0.2) is 5.69 Å². The van der Waals surface area contributed by atoms with E-state index in [1.54, 1.807) is 36.7 Å². The van der Waals surface area contributed by atoms with Gasteiger partial charge in [-0.25, -0.2) is 4.39 Å². The largest absolute Gasteiger partial charge is 0.368 e. The molecule has 3 rings (SSSR count). The van der Waals surface area contributed by atoms with Crippen LogP contribution in [-0.4, -0.2) is 27.6 Å². The molecule has 2 amide bonds. The summed E-state index contributed by atoms with van der Waals surface area (Å²) in [6, 6.07) is 12.7. The summed E-state index contributed by atoms with van der Waals surface area (Å²) in [7, 11) is 0. The van der Waals surface area contributed by atoms with Crippen molar-refractivity contribution < 1.29 is 14.0 Å². The third-order valence-corrected chi connectivity index (χ3v) is 4.38. The van der Waals surface area contributed by atoms with Gasteiger partial charge in [0.1, 0.15) is 11.9 Å². The van der Waals surface area contributed by atoms with Crippen molar-refractivity contribution in [1.82, 2.24) is 15.1 Å². The molecule has 0 unspecified atom stereocenters. The molecule has 0 radical (unpaired) electrons. The Morgan fingerprint density at radius 3 is 2.44 bits per heavy atom. The molecule has 1 heterocycles. The smallest absolute Gasteiger partial charge is 0.273 e. The van der Waals surface area contributed by atoms with Crippen LogP contribution in [0.2, 0.25) is 0 Å². The second kappa shape index (κ2) is 7.57. The maximum Gasteiger partial charge on any atom is 0.273 e. The number of para-hydroxylation sites is 1. The van der Waals surface area contributed by atoms with E-state index in [2.05, 4.69) is 10.4 Å². The van der Waals surface area contributed by atoms with Crippen LogP contribution in [0.25, 0.3) is 10.9 Å². The number of nitrogens with one attached hydrogen (secondary N) is 1. The zero-order valence-corrected chi connectivity index (χ0v) is 15.1. The van der Waals surface area contributed by atoms with Crippen LogP contribution in [-0.2, 0) is 11.3 Å². The van der Waals surface area contributed by atoms with Crippen molar-refractivity contribution in [2.75, 3.05) is 0 Å². The summed E-state index contributed by atoms with van der Waals surface area (Å²) in [6.45, 7) is 4.00. The maximum absolute atomic E-state index is 13.1. The number of benzene rings is 2. The summed E-state index contributed by atoms with van der Waals surface area (Å²) < 4.78 is 14.8. The second-order valence-electron chi connectivity index (χ2n) is 6.75. The highest BCUT2D eigenvalue weighted by molar-refractivity contribution is 6.06. The molecule has 0 aliphatic carbocycles. The van der Waals surface area contributed by atoms with Crippen molar-refractivity contribution in [2.24, 2.45) is 11.7 Å². The standard InChI is InChI=1S/C20H21FN4O2/c1-12(2)17(19(22)26)23-20(27)18-15-5-3-4-6-16(15)25(24-18)11-13-7-9-14(21)10-8-13/h3-10,12,17H,11H2,1-2H3,(H2,22,26)(H,23,27)/t17-/m1/s1. The number of nitrogens with zero attached hydrogens (tertiary/aromatic N) is 2. The maximum atomic E-state index is 13.1. The molecule has 0 fully saturated rings. The van der Waals surface area contributed by atoms with Crippen molar-refractivity contribution in [3.63, 3.8) is 0 Å². The van der Waals surface area contributed by atoms with E-state index in [-0.39, 0.29) is 17.4 Å². The number of amides is 2. The Hall–Kier alpha value is -3.22. The molecule has 0 saturated heterocycles. The highest BCUT2D eigenvalue weighted by Gasteiger charge is 2.25. The first-order valence-corrected chi connectivity index (χ1v) is 8.67. The lowest BCUT2D eigenvalue weighted by atomic mass is 10.0. The van der Waals surface area contributed by atoms with E-state index in [4.69, 9.17) is 5.73 Å². The molecule has 2 aromatic carbocycles. The van der Waals surface area contributed by atoms with Crippen molar-refractivity contribution >= 4 is 22.7 Å². The molecule has 0 aliphatic rings. The zero-order valence-electron chi connectivity index (χ0n) is 15.1. The van der Waals surface area contributed by atoms with Crippen LogP contribution in [0.4, 0.5) is 4.39 Å². The molecule has 140 valence electrons. The quantitative estimate of drug-likeness (QED) is 0.700. The van der Waals surface area contributed by atoms with E-state index in [9.17, 15) is 14.0 Å². The minimum absolute atomic E-state index is 0.140. The van der Waals surface area contributed by atoms with Gasteiger partial charge in [-0.05, 0) is 29.7 Å². The zero-order chi connectivity index (χ0) is 19.6. The Kier molecular flexibility index (Phi) is 5.21. The number of fused-ring (bicyclic) bond motifs is 1. The van der Waals surface area contributed by atoms with E-state index in [1.165, 1.54) is 12.1 Å². The molecule has 7 heteroatoms. The summed E-state index contributed by atoms with van der Waals surface area (Å²) in [5.41, 5.74) is 7.23. The van der Waals surface area contributed by atoms with Gasteiger partial charge in [-0.3, -0.25) is 14.3 Å². The topological polar surface area (TPSA) is 90.0 Å². The lowest BCUT2D eigenvalue weighted by Gasteiger charge is -2.18. The summed E-state index contributed by atoms with van der Waals surface area (Å²) in [4.78, 5) is 24.3. The van der Waals surface area contributed by atoms with Crippen LogP contribution >= 0.6 is 0 Å². The number of halogens is 1. The van der Waals surface area contributed by atoms with Gasteiger partial charge in [0.2, 0.25) is 5.91 Å².